The third kappa shape index (κ3) is 2.86. The van der Waals surface area contributed by atoms with E-state index in [4.69, 9.17) is 4.52 Å². The molecule has 0 saturated carbocycles. The van der Waals surface area contributed by atoms with Gasteiger partial charge in [0.2, 0.25) is 0 Å². The van der Waals surface area contributed by atoms with Crippen LogP contribution in [0.15, 0.2) is 53.3 Å². The smallest absolute Gasteiger partial charge is 0.278 e. The van der Waals surface area contributed by atoms with Crippen LogP contribution in [0.5, 0.6) is 0 Å². The van der Waals surface area contributed by atoms with Crippen LogP contribution in [0.3, 0.4) is 0 Å². The number of rotatable bonds is 3. The molecule has 0 aliphatic carbocycles. The van der Waals surface area contributed by atoms with Gasteiger partial charge in [0.15, 0.2) is 11.5 Å². The summed E-state index contributed by atoms with van der Waals surface area (Å²) in [4.78, 5) is 49.2. The van der Waals surface area contributed by atoms with Gasteiger partial charge in [0, 0.05) is 7.05 Å². The minimum atomic E-state index is -0.515. The number of hydrogen-bond donors (Lipinski definition) is 0. The number of fused-ring (bicyclic) bond motifs is 4. The lowest BCUT2D eigenvalue weighted by molar-refractivity contribution is 0.0636. The van der Waals surface area contributed by atoms with E-state index in [-0.39, 0.29) is 36.3 Å². The first kappa shape index (κ1) is 20.0. The van der Waals surface area contributed by atoms with Crippen molar-refractivity contribution in [1.29, 1.82) is 0 Å². The van der Waals surface area contributed by atoms with Gasteiger partial charge >= 0.3 is 0 Å². The van der Waals surface area contributed by atoms with Gasteiger partial charge in [-0.15, -0.1) is 0 Å². The van der Waals surface area contributed by atoms with Gasteiger partial charge in [-0.2, -0.15) is 4.98 Å². The molecule has 0 spiro atoms. The molecule has 2 aromatic carbocycles. The standard InChI is InChI=1S/C23H15FN6O4/c1-28-9-17-19(25-11-30(17)16-7-6-12(24)8-15(16)21(28)31)20-26-18(27-34-20)10-29-22(32)13-4-2-3-5-14(13)23(29)33/h2-8,11H,9-10H2,1H3. The molecule has 2 aromatic heterocycles. The number of aromatic nitrogens is 4. The molecule has 0 bridgehead atoms. The maximum absolute atomic E-state index is 13.8. The summed E-state index contributed by atoms with van der Waals surface area (Å²) in [6.45, 7) is 0.00692. The Balaban J connectivity index is 1.34. The summed E-state index contributed by atoms with van der Waals surface area (Å²) in [5.41, 5.74) is 2.30. The second-order valence-corrected chi connectivity index (χ2v) is 7.99. The number of carbonyl (C=O) groups excluding carboxylic acids is 3. The molecule has 0 radical (unpaired) electrons. The molecule has 0 atom stereocenters. The lowest BCUT2D eigenvalue weighted by Gasteiger charge is -2.14. The molecule has 4 aromatic rings. The topological polar surface area (TPSA) is 114 Å². The third-order valence-electron chi connectivity index (χ3n) is 5.90. The number of nitrogens with zero attached hydrogens (tertiary/aromatic N) is 6. The highest BCUT2D eigenvalue weighted by molar-refractivity contribution is 6.21. The van der Waals surface area contributed by atoms with Crippen LogP contribution in [0.1, 0.15) is 42.6 Å². The second kappa shape index (κ2) is 7.17. The van der Waals surface area contributed by atoms with Crippen LogP contribution in [0, 0.1) is 5.82 Å². The van der Waals surface area contributed by atoms with Gasteiger partial charge < -0.3 is 9.42 Å². The summed E-state index contributed by atoms with van der Waals surface area (Å²) in [6.07, 6.45) is 1.50. The number of amides is 3. The third-order valence-corrected chi connectivity index (χ3v) is 5.90. The van der Waals surface area contributed by atoms with E-state index >= 15 is 0 Å². The van der Waals surface area contributed by atoms with Crippen LogP contribution in [0.25, 0.3) is 17.3 Å². The number of imide groups is 1. The molecule has 0 N–H and O–H groups in total. The number of hydrogen-bond acceptors (Lipinski definition) is 7. The van der Waals surface area contributed by atoms with E-state index in [9.17, 15) is 18.8 Å². The maximum Gasteiger partial charge on any atom is 0.278 e. The number of benzene rings is 2. The van der Waals surface area contributed by atoms with Crippen LogP contribution in [-0.2, 0) is 13.1 Å². The highest BCUT2D eigenvalue weighted by Gasteiger charge is 2.36. The fraction of sp³-hybridized carbons (Fsp3) is 0.130. The fourth-order valence-electron chi connectivity index (χ4n) is 4.24. The van der Waals surface area contributed by atoms with Crippen LogP contribution < -0.4 is 0 Å². The summed E-state index contributed by atoms with van der Waals surface area (Å²) in [7, 11) is 1.60. The van der Waals surface area contributed by atoms with Crippen molar-refractivity contribution >= 4 is 17.7 Å². The minimum Gasteiger partial charge on any atom is -0.336 e. The molecule has 0 saturated heterocycles. The lowest BCUT2D eigenvalue weighted by Crippen LogP contribution is -2.29. The molecule has 6 rings (SSSR count). The van der Waals surface area contributed by atoms with Crippen molar-refractivity contribution in [2.75, 3.05) is 7.05 Å². The molecule has 34 heavy (non-hydrogen) atoms. The average molecular weight is 458 g/mol. The monoisotopic (exact) mass is 458 g/mol. The van der Waals surface area contributed by atoms with E-state index < -0.39 is 17.6 Å². The Bertz CT molecular complexity index is 1490. The van der Waals surface area contributed by atoms with Crippen molar-refractivity contribution in [2.45, 2.75) is 13.1 Å². The van der Waals surface area contributed by atoms with Crippen LogP contribution >= 0.6 is 0 Å². The normalized spacial score (nSPS) is 14.8. The Morgan fingerprint density at radius 2 is 1.74 bits per heavy atom. The summed E-state index contributed by atoms with van der Waals surface area (Å²) in [6, 6.07) is 10.6. The average Bonchev–Trinajstić information content (AvgIpc) is 3.51. The predicted octanol–water partition coefficient (Wildman–Crippen LogP) is 2.44. The Morgan fingerprint density at radius 3 is 2.47 bits per heavy atom. The van der Waals surface area contributed by atoms with Crippen LogP contribution in [-0.4, -0.2) is 54.3 Å². The second-order valence-electron chi connectivity index (χ2n) is 7.99. The number of imidazole rings is 1. The van der Waals surface area contributed by atoms with Crippen LogP contribution in [0.4, 0.5) is 4.39 Å². The zero-order valence-corrected chi connectivity index (χ0v) is 17.7. The lowest BCUT2D eigenvalue weighted by atomic mass is 10.1. The van der Waals surface area contributed by atoms with E-state index in [1.54, 1.807) is 35.9 Å². The van der Waals surface area contributed by atoms with E-state index in [1.807, 2.05) is 0 Å². The summed E-state index contributed by atoms with van der Waals surface area (Å²) < 4.78 is 20.9. The summed E-state index contributed by atoms with van der Waals surface area (Å²) in [5, 5.41) is 3.92. The van der Waals surface area contributed by atoms with Gasteiger partial charge in [-0.3, -0.25) is 23.9 Å². The van der Waals surface area contributed by atoms with E-state index in [0.29, 0.717) is 28.2 Å². The molecule has 2 aliphatic heterocycles. The molecule has 0 unspecified atom stereocenters. The van der Waals surface area contributed by atoms with Crippen molar-refractivity contribution in [3.63, 3.8) is 0 Å². The molecular weight excluding hydrogens is 443 g/mol. The van der Waals surface area contributed by atoms with Gasteiger partial charge in [0.25, 0.3) is 23.6 Å². The zero-order chi connectivity index (χ0) is 23.6. The Kier molecular flexibility index (Phi) is 4.21. The van der Waals surface area contributed by atoms with E-state index in [0.717, 1.165) is 4.90 Å². The van der Waals surface area contributed by atoms with E-state index in [2.05, 4.69) is 15.1 Å². The Morgan fingerprint density at radius 1 is 1.00 bits per heavy atom. The Hall–Kier alpha value is -4.67. The van der Waals surface area contributed by atoms with Gasteiger partial charge in [0.05, 0.1) is 41.2 Å². The molecule has 10 nitrogen and oxygen atoms in total. The zero-order valence-electron chi connectivity index (χ0n) is 17.7. The SMILES string of the molecule is CN1Cc2c(-c3nc(CN4C(=O)c5ccccc5C4=O)no3)ncn2-c2ccc(F)cc2C1=O. The first-order chi connectivity index (χ1) is 16.4. The van der Waals surface area contributed by atoms with Gasteiger partial charge in [-0.05, 0) is 30.3 Å². The maximum atomic E-state index is 13.8. The molecule has 2 aliphatic rings. The van der Waals surface area contributed by atoms with Crippen molar-refractivity contribution in [3.8, 4) is 17.3 Å². The first-order valence-electron chi connectivity index (χ1n) is 10.3. The summed E-state index contributed by atoms with van der Waals surface area (Å²) >= 11 is 0. The van der Waals surface area contributed by atoms with Gasteiger partial charge in [-0.25, -0.2) is 9.37 Å². The van der Waals surface area contributed by atoms with Crippen molar-refractivity contribution < 1.29 is 23.3 Å². The highest BCUT2D eigenvalue weighted by atomic mass is 19.1. The highest BCUT2D eigenvalue weighted by Crippen LogP contribution is 2.31. The van der Waals surface area contributed by atoms with Crippen LogP contribution in [0.2, 0.25) is 0 Å². The largest absolute Gasteiger partial charge is 0.336 e. The van der Waals surface area contributed by atoms with Gasteiger partial charge in [-0.1, -0.05) is 17.3 Å². The predicted molar refractivity (Wildman–Crippen MR) is 113 cm³/mol. The molecule has 0 fully saturated rings. The number of carbonyl (C=O) groups is 3. The fourth-order valence-corrected chi connectivity index (χ4v) is 4.24. The minimum absolute atomic E-state index is 0.0757. The molecule has 11 heteroatoms. The Labute approximate surface area is 191 Å². The molecule has 4 heterocycles. The van der Waals surface area contributed by atoms with Gasteiger partial charge in [0.1, 0.15) is 12.1 Å². The van der Waals surface area contributed by atoms with E-state index in [1.165, 1.54) is 29.4 Å². The molecule has 3 amide bonds. The molecular formula is C23H15FN6O4. The molecule has 168 valence electrons. The number of halogens is 1. The van der Waals surface area contributed by atoms with Crippen molar-refractivity contribution in [1.82, 2.24) is 29.5 Å². The van der Waals surface area contributed by atoms with Crippen molar-refractivity contribution in [2.24, 2.45) is 0 Å². The van der Waals surface area contributed by atoms with Crippen molar-refractivity contribution in [3.05, 3.63) is 82.8 Å². The first-order valence-corrected chi connectivity index (χ1v) is 10.3. The summed E-state index contributed by atoms with van der Waals surface area (Å²) in [5.74, 6) is -1.49. The quantitative estimate of drug-likeness (QED) is 0.433.